The third-order valence-corrected chi connectivity index (χ3v) is 2.36. The predicted octanol–water partition coefficient (Wildman–Crippen LogP) is 2.32. The van der Waals surface area contributed by atoms with Crippen LogP contribution in [0.15, 0.2) is 23.7 Å². The molecule has 0 N–H and O–H groups in total. The summed E-state index contributed by atoms with van der Waals surface area (Å²) in [4.78, 5) is 11.4. The van der Waals surface area contributed by atoms with Gasteiger partial charge in [-0.3, -0.25) is 4.79 Å². The van der Waals surface area contributed by atoms with Gasteiger partial charge in [-0.05, 0) is 25.3 Å². The molecule has 0 aromatic rings. The van der Waals surface area contributed by atoms with Gasteiger partial charge in [0.15, 0.2) is 5.78 Å². The summed E-state index contributed by atoms with van der Waals surface area (Å²) in [7, 11) is 0. The summed E-state index contributed by atoms with van der Waals surface area (Å²) in [6.07, 6.45) is 8.23. The maximum absolute atomic E-state index is 11.4. The number of ether oxygens (including phenoxy) is 1. The molecule has 0 amide bonds. The lowest BCUT2D eigenvalue weighted by atomic mass is 9.92. The summed E-state index contributed by atoms with van der Waals surface area (Å²) in [6, 6.07) is 0. The van der Waals surface area contributed by atoms with Crippen molar-refractivity contribution in [3.8, 4) is 0 Å². The first-order valence-electron chi connectivity index (χ1n) is 4.45. The molecule has 1 saturated carbocycles. The topological polar surface area (TPSA) is 26.3 Å². The van der Waals surface area contributed by atoms with Crippen LogP contribution in [0.1, 0.15) is 32.1 Å². The number of carbonyl (C=O) groups excluding carboxylic acids is 1. The Morgan fingerprint density at radius 2 is 2.08 bits per heavy atom. The molecular weight excluding hydrogens is 152 g/mol. The zero-order valence-electron chi connectivity index (χ0n) is 7.01. The predicted molar refractivity (Wildman–Crippen MR) is 45.3 cm³/mol. The first-order valence-corrected chi connectivity index (χ1v) is 4.45. The van der Waals surface area contributed by atoms with E-state index in [2.05, 4.69) is 0 Å². The monoisotopic (exact) mass is 164 g/mol. The second-order valence-electron chi connectivity index (χ2n) is 3.23. The number of rotatable bonds is 0. The summed E-state index contributed by atoms with van der Waals surface area (Å²) in [5.74, 6) is 1.18. The number of Topliss-reactive ketones (excluding diaryl/α,β-unsaturated/α-hetero) is 1. The van der Waals surface area contributed by atoms with Crippen LogP contribution in [-0.2, 0) is 9.53 Å². The minimum absolute atomic E-state index is 0.292. The van der Waals surface area contributed by atoms with Crippen LogP contribution in [0.25, 0.3) is 0 Å². The lowest BCUT2D eigenvalue weighted by molar-refractivity contribution is -0.116. The number of hydrogen-bond acceptors (Lipinski definition) is 2. The molecular formula is C10H12O2. The zero-order chi connectivity index (χ0) is 8.39. The Balaban J connectivity index is 2.19. The molecule has 1 heterocycles. The SMILES string of the molecule is O=C1CCCCC1=C1CC=CO1. The normalized spacial score (nSPS) is 29.2. The number of allylic oxidation sites excluding steroid dienone is 2. The van der Waals surface area contributed by atoms with E-state index in [1.54, 1.807) is 6.26 Å². The Labute approximate surface area is 71.9 Å². The summed E-state index contributed by atoms with van der Waals surface area (Å²) in [5, 5.41) is 0. The quantitative estimate of drug-likeness (QED) is 0.513. The van der Waals surface area contributed by atoms with Crippen molar-refractivity contribution in [1.82, 2.24) is 0 Å². The highest BCUT2D eigenvalue weighted by Crippen LogP contribution is 2.27. The van der Waals surface area contributed by atoms with Crippen LogP contribution in [0.2, 0.25) is 0 Å². The van der Waals surface area contributed by atoms with Gasteiger partial charge in [0.2, 0.25) is 0 Å². The Kier molecular flexibility index (Phi) is 1.98. The molecule has 0 atom stereocenters. The molecule has 0 aromatic carbocycles. The van der Waals surface area contributed by atoms with Gasteiger partial charge in [-0.2, -0.15) is 0 Å². The Morgan fingerprint density at radius 1 is 1.25 bits per heavy atom. The van der Waals surface area contributed by atoms with Gasteiger partial charge in [0.1, 0.15) is 5.76 Å². The standard InChI is InChI=1S/C10H12O2/c11-9-5-2-1-4-8(9)10-6-3-7-12-10/h3,7H,1-2,4-6H2. The molecule has 2 nitrogen and oxygen atoms in total. The molecule has 2 heteroatoms. The van der Waals surface area contributed by atoms with Crippen LogP contribution in [-0.4, -0.2) is 5.78 Å². The van der Waals surface area contributed by atoms with Gasteiger partial charge in [-0.15, -0.1) is 0 Å². The average Bonchev–Trinajstić information content (AvgIpc) is 2.57. The summed E-state index contributed by atoms with van der Waals surface area (Å²) in [5.41, 5.74) is 0.936. The lowest BCUT2D eigenvalue weighted by Gasteiger charge is -2.14. The first-order chi connectivity index (χ1) is 5.88. The third kappa shape index (κ3) is 1.29. The fraction of sp³-hybridized carbons (Fsp3) is 0.500. The smallest absolute Gasteiger partial charge is 0.162 e. The van der Waals surface area contributed by atoms with Gasteiger partial charge in [0.25, 0.3) is 0 Å². The van der Waals surface area contributed by atoms with Gasteiger partial charge in [0.05, 0.1) is 6.26 Å². The molecule has 0 bridgehead atoms. The van der Waals surface area contributed by atoms with Crippen molar-refractivity contribution < 1.29 is 9.53 Å². The van der Waals surface area contributed by atoms with Crippen molar-refractivity contribution in [3.63, 3.8) is 0 Å². The van der Waals surface area contributed by atoms with Gasteiger partial charge < -0.3 is 4.74 Å². The second-order valence-corrected chi connectivity index (χ2v) is 3.23. The van der Waals surface area contributed by atoms with Crippen molar-refractivity contribution in [2.45, 2.75) is 32.1 Å². The largest absolute Gasteiger partial charge is 0.469 e. The van der Waals surface area contributed by atoms with Gasteiger partial charge in [-0.25, -0.2) is 0 Å². The molecule has 1 aliphatic heterocycles. The fourth-order valence-corrected chi connectivity index (χ4v) is 1.70. The van der Waals surface area contributed by atoms with Crippen LogP contribution in [0.5, 0.6) is 0 Å². The molecule has 1 fully saturated rings. The van der Waals surface area contributed by atoms with E-state index in [0.29, 0.717) is 12.2 Å². The number of ketones is 1. The van der Waals surface area contributed by atoms with E-state index < -0.39 is 0 Å². The van der Waals surface area contributed by atoms with Crippen molar-refractivity contribution in [3.05, 3.63) is 23.7 Å². The molecule has 0 unspecified atom stereocenters. The molecule has 0 saturated heterocycles. The van der Waals surface area contributed by atoms with E-state index in [1.165, 1.54) is 0 Å². The summed E-state index contributed by atoms with van der Waals surface area (Å²) < 4.78 is 5.24. The fourth-order valence-electron chi connectivity index (χ4n) is 1.70. The van der Waals surface area contributed by atoms with Gasteiger partial charge in [-0.1, -0.05) is 0 Å². The number of carbonyl (C=O) groups is 1. The molecule has 64 valence electrons. The molecule has 0 aromatic heterocycles. The molecule has 1 aliphatic carbocycles. The van der Waals surface area contributed by atoms with Crippen molar-refractivity contribution in [1.29, 1.82) is 0 Å². The van der Waals surface area contributed by atoms with Crippen LogP contribution in [0.3, 0.4) is 0 Å². The Morgan fingerprint density at radius 3 is 2.75 bits per heavy atom. The Hall–Kier alpha value is -1.05. The van der Waals surface area contributed by atoms with E-state index in [1.807, 2.05) is 6.08 Å². The highest BCUT2D eigenvalue weighted by atomic mass is 16.5. The minimum Gasteiger partial charge on any atom is -0.469 e. The molecule has 12 heavy (non-hydrogen) atoms. The molecule has 2 aliphatic rings. The molecule has 2 rings (SSSR count). The van der Waals surface area contributed by atoms with Crippen molar-refractivity contribution in [2.24, 2.45) is 0 Å². The van der Waals surface area contributed by atoms with E-state index in [-0.39, 0.29) is 0 Å². The van der Waals surface area contributed by atoms with E-state index in [0.717, 1.165) is 37.0 Å². The highest BCUT2D eigenvalue weighted by Gasteiger charge is 2.20. The molecule has 0 radical (unpaired) electrons. The van der Waals surface area contributed by atoms with E-state index >= 15 is 0 Å². The van der Waals surface area contributed by atoms with Crippen LogP contribution in [0.4, 0.5) is 0 Å². The number of hydrogen-bond donors (Lipinski definition) is 0. The van der Waals surface area contributed by atoms with Crippen molar-refractivity contribution >= 4 is 5.78 Å². The summed E-state index contributed by atoms with van der Waals surface area (Å²) >= 11 is 0. The van der Waals surface area contributed by atoms with Gasteiger partial charge in [0, 0.05) is 18.4 Å². The highest BCUT2D eigenvalue weighted by molar-refractivity contribution is 5.96. The van der Waals surface area contributed by atoms with Gasteiger partial charge >= 0.3 is 0 Å². The van der Waals surface area contributed by atoms with Crippen LogP contribution < -0.4 is 0 Å². The lowest BCUT2D eigenvalue weighted by Crippen LogP contribution is -2.10. The maximum Gasteiger partial charge on any atom is 0.162 e. The summed E-state index contributed by atoms with van der Waals surface area (Å²) in [6.45, 7) is 0. The van der Waals surface area contributed by atoms with Crippen LogP contribution in [0, 0.1) is 0 Å². The zero-order valence-corrected chi connectivity index (χ0v) is 7.01. The molecule has 0 spiro atoms. The van der Waals surface area contributed by atoms with E-state index in [9.17, 15) is 4.79 Å². The Bertz CT molecular complexity index is 251. The maximum atomic E-state index is 11.4. The van der Waals surface area contributed by atoms with E-state index in [4.69, 9.17) is 4.74 Å². The first kappa shape index (κ1) is 7.59. The minimum atomic E-state index is 0.292. The van der Waals surface area contributed by atoms with Crippen LogP contribution >= 0.6 is 0 Å². The average molecular weight is 164 g/mol. The second kappa shape index (κ2) is 3.13. The van der Waals surface area contributed by atoms with Crippen molar-refractivity contribution in [2.75, 3.05) is 0 Å². The third-order valence-electron chi connectivity index (χ3n) is 2.36.